The molecule has 0 amide bonds. The number of hydrogen-bond acceptors (Lipinski definition) is 3. The molecule has 3 N–H and O–H groups in total. The van der Waals surface area contributed by atoms with Gasteiger partial charge in [-0.2, -0.15) is 0 Å². The Morgan fingerprint density at radius 3 is 3.00 bits per heavy atom. The molecule has 1 aromatic carbocycles. The Hall–Kier alpha value is -1.81. The first-order valence-corrected chi connectivity index (χ1v) is 5.87. The summed E-state index contributed by atoms with van der Waals surface area (Å²) in [6.07, 6.45) is 4.91. The fraction of sp³-hybridized carbons (Fsp3) is 0.308. The van der Waals surface area contributed by atoms with Gasteiger partial charge in [-0.15, -0.1) is 0 Å². The van der Waals surface area contributed by atoms with Gasteiger partial charge in [0.05, 0.1) is 11.7 Å². The lowest BCUT2D eigenvalue weighted by Crippen LogP contribution is -2.25. The van der Waals surface area contributed by atoms with Gasteiger partial charge in [0.1, 0.15) is 11.6 Å². The predicted molar refractivity (Wildman–Crippen MR) is 65.5 cm³/mol. The monoisotopic (exact) mass is 229 g/mol. The minimum Gasteiger partial charge on any atom is -0.507 e. The van der Waals surface area contributed by atoms with E-state index in [1.54, 1.807) is 12.1 Å². The van der Waals surface area contributed by atoms with E-state index in [9.17, 15) is 5.11 Å². The van der Waals surface area contributed by atoms with Gasteiger partial charge in [-0.25, -0.2) is 4.98 Å². The number of benzene rings is 1. The van der Waals surface area contributed by atoms with Gasteiger partial charge in [-0.05, 0) is 31.4 Å². The second-order valence-corrected chi connectivity index (χ2v) is 4.42. The van der Waals surface area contributed by atoms with Crippen molar-refractivity contribution in [1.82, 2.24) is 9.55 Å². The maximum Gasteiger partial charge on any atom is 0.145 e. The number of para-hydroxylation sites is 1. The molecule has 0 saturated heterocycles. The van der Waals surface area contributed by atoms with E-state index in [-0.39, 0.29) is 11.9 Å². The van der Waals surface area contributed by atoms with Crippen molar-refractivity contribution in [3.8, 4) is 17.1 Å². The zero-order valence-electron chi connectivity index (χ0n) is 9.50. The van der Waals surface area contributed by atoms with E-state index in [2.05, 4.69) is 4.98 Å². The number of imidazole rings is 1. The normalized spacial score (nSPS) is 19.0. The summed E-state index contributed by atoms with van der Waals surface area (Å²) in [7, 11) is 0. The van der Waals surface area contributed by atoms with Crippen LogP contribution in [0.3, 0.4) is 0 Å². The fourth-order valence-corrected chi connectivity index (χ4v) is 2.43. The summed E-state index contributed by atoms with van der Waals surface area (Å²) in [5.41, 5.74) is 8.02. The first-order chi connectivity index (χ1) is 8.27. The molecule has 0 bridgehead atoms. The van der Waals surface area contributed by atoms with Gasteiger partial charge in [0.15, 0.2) is 0 Å². The molecular formula is C13H15N3O. The van der Waals surface area contributed by atoms with Crippen LogP contribution in [0, 0.1) is 0 Å². The van der Waals surface area contributed by atoms with Crippen molar-refractivity contribution in [3.63, 3.8) is 0 Å². The Labute approximate surface area is 99.7 Å². The van der Waals surface area contributed by atoms with Gasteiger partial charge in [-0.1, -0.05) is 12.1 Å². The zero-order chi connectivity index (χ0) is 11.8. The largest absolute Gasteiger partial charge is 0.507 e. The van der Waals surface area contributed by atoms with Crippen molar-refractivity contribution in [1.29, 1.82) is 0 Å². The van der Waals surface area contributed by atoms with E-state index < -0.39 is 0 Å². The van der Waals surface area contributed by atoms with Crippen LogP contribution in [0.4, 0.5) is 0 Å². The van der Waals surface area contributed by atoms with Crippen molar-refractivity contribution in [2.24, 2.45) is 5.73 Å². The molecule has 3 rings (SSSR count). The number of aromatic nitrogens is 2. The minimum absolute atomic E-state index is 0.0316. The molecule has 0 spiro atoms. The van der Waals surface area contributed by atoms with E-state index in [4.69, 9.17) is 5.73 Å². The predicted octanol–water partition coefficient (Wildman–Crippen LogP) is 2.05. The molecule has 17 heavy (non-hydrogen) atoms. The molecule has 1 aliphatic rings. The number of fused-ring (bicyclic) bond motifs is 1. The zero-order valence-corrected chi connectivity index (χ0v) is 9.50. The van der Waals surface area contributed by atoms with Crippen LogP contribution >= 0.6 is 0 Å². The summed E-state index contributed by atoms with van der Waals surface area (Å²) in [5, 5.41) is 9.88. The highest BCUT2D eigenvalue weighted by Crippen LogP contribution is 2.32. The quantitative estimate of drug-likeness (QED) is 0.786. The van der Waals surface area contributed by atoms with Crippen molar-refractivity contribution in [2.75, 3.05) is 0 Å². The highest BCUT2D eigenvalue weighted by molar-refractivity contribution is 5.64. The van der Waals surface area contributed by atoms with Crippen LogP contribution in [0.1, 0.15) is 24.7 Å². The molecule has 0 fully saturated rings. The summed E-state index contributed by atoms with van der Waals surface area (Å²) in [6.45, 7) is 0. The van der Waals surface area contributed by atoms with Crippen LogP contribution in [0.2, 0.25) is 0 Å². The Kier molecular flexibility index (Phi) is 2.37. The summed E-state index contributed by atoms with van der Waals surface area (Å²) >= 11 is 0. The van der Waals surface area contributed by atoms with Gasteiger partial charge in [-0.3, -0.25) is 0 Å². The molecule has 1 unspecified atom stereocenters. The third kappa shape index (κ3) is 1.61. The second-order valence-electron chi connectivity index (χ2n) is 4.42. The first-order valence-electron chi connectivity index (χ1n) is 5.87. The maximum atomic E-state index is 9.88. The highest BCUT2D eigenvalue weighted by atomic mass is 16.3. The fourth-order valence-electron chi connectivity index (χ4n) is 2.43. The van der Waals surface area contributed by atoms with E-state index in [0.717, 1.165) is 36.3 Å². The van der Waals surface area contributed by atoms with Crippen LogP contribution < -0.4 is 5.73 Å². The van der Waals surface area contributed by atoms with Crippen LogP contribution in [0.15, 0.2) is 30.5 Å². The van der Waals surface area contributed by atoms with Crippen LogP contribution in [0.25, 0.3) is 11.4 Å². The molecule has 2 aromatic rings. The lowest BCUT2D eigenvalue weighted by molar-refractivity contribution is 0.416. The molecule has 2 heterocycles. The van der Waals surface area contributed by atoms with Gasteiger partial charge in [0.25, 0.3) is 0 Å². The number of nitrogens with zero attached hydrogens (tertiary/aromatic N) is 2. The second kappa shape index (κ2) is 3.89. The summed E-state index contributed by atoms with van der Waals surface area (Å²) in [6, 6.07) is 7.24. The third-order valence-corrected chi connectivity index (χ3v) is 3.28. The van der Waals surface area contributed by atoms with Gasteiger partial charge in [0.2, 0.25) is 0 Å². The summed E-state index contributed by atoms with van der Waals surface area (Å²) in [5.74, 6) is 1.02. The number of aryl methyl sites for hydroxylation is 1. The number of aromatic hydroxyl groups is 1. The number of hydrogen-bond donors (Lipinski definition) is 2. The van der Waals surface area contributed by atoms with Crippen LogP contribution in [0.5, 0.6) is 5.75 Å². The van der Waals surface area contributed by atoms with E-state index >= 15 is 0 Å². The molecule has 4 nitrogen and oxygen atoms in total. The van der Waals surface area contributed by atoms with Crippen molar-refractivity contribution >= 4 is 0 Å². The first kappa shape index (κ1) is 10.4. The molecular weight excluding hydrogens is 214 g/mol. The Morgan fingerprint density at radius 2 is 2.18 bits per heavy atom. The third-order valence-electron chi connectivity index (χ3n) is 3.28. The Balaban J connectivity index is 2.17. The lowest BCUT2D eigenvalue weighted by Gasteiger charge is -2.24. The van der Waals surface area contributed by atoms with Gasteiger partial charge >= 0.3 is 0 Å². The van der Waals surface area contributed by atoms with Crippen LogP contribution in [-0.4, -0.2) is 14.7 Å². The molecule has 1 atom stereocenters. The molecule has 1 aromatic heterocycles. The number of nitrogens with two attached hydrogens (primary N) is 1. The van der Waals surface area contributed by atoms with E-state index in [1.165, 1.54) is 0 Å². The summed E-state index contributed by atoms with van der Waals surface area (Å²) < 4.78 is 2.04. The van der Waals surface area contributed by atoms with Crippen molar-refractivity contribution in [3.05, 3.63) is 36.2 Å². The maximum absolute atomic E-state index is 9.88. The topological polar surface area (TPSA) is 64.1 Å². The molecule has 1 aliphatic heterocycles. The molecule has 0 radical (unpaired) electrons. The van der Waals surface area contributed by atoms with Crippen molar-refractivity contribution < 1.29 is 5.11 Å². The van der Waals surface area contributed by atoms with Crippen LogP contribution in [-0.2, 0) is 6.42 Å². The number of rotatable bonds is 1. The smallest absolute Gasteiger partial charge is 0.145 e. The molecule has 0 saturated carbocycles. The lowest BCUT2D eigenvalue weighted by atomic mass is 10.1. The molecule has 88 valence electrons. The number of phenolic OH excluding ortho intramolecular Hbond substituents is 1. The standard InChI is InChI=1S/C13H15N3O/c14-12-7-3-4-9-8-15-13(16(9)12)10-5-1-2-6-11(10)17/h1-2,5-6,8,12,17H,3-4,7,14H2. The molecule has 0 aliphatic carbocycles. The summed E-state index contributed by atoms with van der Waals surface area (Å²) in [4.78, 5) is 4.40. The highest BCUT2D eigenvalue weighted by Gasteiger charge is 2.22. The van der Waals surface area contributed by atoms with Crippen molar-refractivity contribution in [2.45, 2.75) is 25.4 Å². The van der Waals surface area contributed by atoms with Gasteiger partial charge in [0, 0.05) is 11.9 Å². The van der Waals surface area contributed by atoms with Gasteiger partial charge < -0.3 is 15.4 Å². The van der Waals surface area contributed by atoms with E-state index in [1.807, 2.05) is 22.9 Å². The van der Waals surface area contributed by atoms with E-state index in [0.29, 0.717) is 0 Å². The average molecular weight is 229 g/mol. The minimum atomic E-state index is -0.0316. The molecule has 4 heteroatoms. The SMILES string of the molecule is NC1CCCc2cnc(-c3ccccc3O)n21. The Morgan fingerprint density at radius 1 is 1.35 bits per heavy atom. The average Bonchev–Trinajstić information content (AvgIpc) is 2.75. The Bertz CT molecular complexity index is 547. The number of phenols is 1.